The number of aromatic nitrogens is 3. The third-order valence-corrected chi connectivity index (χ3v) is 4.08. The molecule has 138 valence electrons. The highest BCUT2D eigenvalue weighted by molar-refractivity contribution is 6.30. The van der Waals surface area contributed by atoms with Gasteiger partial charge in [0.05, 0.1) is 0 Å². The summed E-state index contributed by atoms with van der Waals surface area (Å²) in [4.78, 5) is 25.1. The van der Waals surface area contributed by atoms with Crippen molar-refractivity contribution in [3.8, 4) is 0 Å². The Morgan fingerprint density at radius 1 is 1.11 bits per heavy atom. The molecule has 0 saturated heterocycles. The van der Waals surface area contributed by atoms with Crippen molar-refractivity contribution >= 4 is 23.5 Å². The van der Waals surface area contributed by atoms with Crippen molar-refractivity contribution in [3.05, 3.63) is 82.4 Å². The molecule has 0 aliphatic rings. The average molecular weight is 382 g/mol. The van der Waals surface area contributed by atoms with Gasteiger partial charge >= 0.3 is 0 Å². The van der Waals surface area contributed by atoms with Gasteiger partial charge in [-0.1, -0.05) is 29.8 Å². The van der Waals surface area contributed by atoms with Crippen molar-refractivity contribution in [1.82, 2.24) is 20.3 Å². The van der Waals surface area contributed by atoms with Crippen LogP contribution in [-0.2, 0) is 13.0 Å². The SMILES string of the molecule is Cc1cc(C(=O)NCCc2cccc(Cl)c2)nc(NCc2cccnc2)n1. The largest absolute Gasteiger partial charge is 0.350 e. The number of halogens is 1. The zero-order chi connectivity index (χ0) is 19.1. The van der Waals surface area contributed by atoms with E-state index in [1.807, 2.05) is 43.3 Å². The first-order valence-corrected chi connectivity index (χ1v) is 8.99. The lowest BCUT2D eigenvalue weighted by Gasteiger charge is -2.09. The van der Waals surface area contributed by atoms with Crippen LogP contribution in [0.3, 0.4) is 0 Å². The summed E-state index contributed by atoms with van der Waals surface area (Å²) in [5, 5.41) is 6.70. The topological polar surface area (TPSA) is 79.8 Å². The summed E-state index contributed by atoms with van der Waals surface area (Å²) in [5.74, 6) is 0.186. The summed E-state index contributed by atoms with van der Waals surface area (Å²) in [5.41, 5.74) is 3.14. The van der Waals surface area contributed by atoms with Gasteiger partial charge in [0, 0.05) is 36.2 Å². The first-order valence-electron chi connectivity index (χ1n) is 8.61. The second-order valence-electron chi connectivity index (χ2n) is 6.07. The van der Waals surface area contributed by atoms with E-state index in [0.717, 1.165) is 16.8 Å². The van der Waals surface area contributed by atoms with Crippen LogP contribution in [0.1, 0.15) is 27.3 Å². The minimum absolute atomic E-state index is 0.230. The maximum Gasteiger partial charge on any atom is 0.270 e. The molecule has 2 heterocycles. The molecule has 0 spiro atoms. The molecule has 7 heteroatoms. The number of amides is 1. The van der Waals surface area contributed by atoms with Crippen LogP contribution < -0.4 is 10.6 Å². The van der Waals surface area contributed by atoms with Crippen LogP contribution in [-0.4, -0.2) is 27.4 Å². The lowest BCUT2D eigenvalue weighted by Crippen LogP contribution is -2.27. The van der Waals surface area contributed by atoms with Gasteiger partial charge < -0.3 is 10.6 Å². The Morgan fingerprint density at radius 2 is 1.96 bits per heavy atom. The molecule has 2 N–H and O–H groups in total. The van der Waals surface area contributed by atoms with E-state index in [9.17, 15) is 4.79 Å². The van der Waals surface area contributed by atoms with Crippen molar-refractivity contribution in [2.45, 2.75) is 19.9 Å². The molecule has 2 aromatic heterocycles. The monoisotopic (exact) mass is 381 g/mol. The van der Waals surface area contributed by atoms with Gasteiger partial charge in [-0.25, -0.2) is 9.97 Å². The number of pyridine rings is 1. The third-order valence-electron chi connectivity index (χ3n) is 3.85. The second-order valence-corrected chi connectivity index (χ2v) is 6.51. The first-order chi connectivity index (χ1) is 13.1. The lowest BCUT2D eigenvalue weighted by molar-refractivity contribution is 0.0949. The second kappa shape index (κ2) is 9.09. The van der Waals surface area contributed by atoms with Crippen LogP contribution in [0.4, 0.5) is 5.95 Å². The van der Waals surface area contributed by atoms with Crippen molar-refractivity contribution in [2.75, 3.05) is 11.9 Å². The van der Waals surface area contributed by atoms with E-state index in [0.29, 0.717) is 36.2 Å². The van der Waals surface area contributed by atoms with Crippen LogP contribution in [0.5, 0.6) is 0 Å². The number of rotatable bonds is 7. The number of nitrogens with one attached hydrogen (secondary N) is 2. The van der Waals surface area contributed by atoms with E-state index < -0.39 is 0 Å². The van der Waals surface area contributed by atoms with Crippen LogP contribution in [0.2, 0.25) is 5.02 Å². The average Bonchev–Trinajstić information content (AvgIpc) is 2.67. The molecular weight excluding hydrogens is 362 g/mol. The number of nitrogens with zero attached hydrogens (tertiary/aromatic N) is 3. The Bertz CT molecular complexity index is 917. The summed E-state index contributed by atoms with van der Waals surface area (Å²) in [6.07, 6.45) is 4.19. The zero-order valence-electron chi connectivity index (χ0n) is 14.9. The van der Waals surface area contributed by atoms with Gasteiger partial charge in [0.25, 0.3) is 5.91 Å². The smallest absolute Gasteiger partial charge is 0.270 e. The summed E-state index contributed by atoms with van der Waals surface area (Å²) in [6, 6.07) is 13.1. The molecular formula is C20H20ClN5O. The van der Waals surface area contributed by atoms with E-state index in [1.54, 1.807) is 18.5 Å². The number of hydrogen-bond acceptors (Lipinski definition) is 5. The van der Waals surface area contributed by atoms with Crippen molar-refractivity contribution in [2.24, 2.45) is 0 Å². The maximum atomic E-state index is 12.4. The van der Waals surface area contributed by atoms with Gasteiger partial charge in [-0.15, -0.1) is 0 Å². The van der Waals surface area contributed by atoms with E-state index >= 15 is 0 Å². The Balaban J connectivity index is 1.58. The molecule has 1 aromatic carbocycles. The number of benzene rings is 1. The van der Waals surface area contributed by atoms with Crippen molar-refractivity contribution < 1.29 is 4.79 Å². The van der Waals surface area contributed by atoms with Gasteiger partial charge in [-0.05, 0) is 48.7 Å². The van der Waals surface area contributed by atoms with Crippen LogP contribution in [0, 0.1) is 6.92 Å². The number of carbonyl (C=O) groups excluding carboxylic acids is 1. The standard InChI is InChI=1S/C20H20ClN5O/c1-14-10-18(19(27)23-9-7-15-4-2-6-17(21)11-15)26-20(25-14)24-13-16-5-3-8-22-12-16/h2-6,8,10-12H,7,9,13H2,1H3,(H,23,27)(H,24,25,26). The van der Waals surface area contributed by atoms with E-state index in [2.05, 4.69) is 25.6 Å². The van der Waals surface area contributed by atoms with Gasteiger partial charge in [-0.2, -0.15) is 0 Å². The predicted octanol–water partition coefficient (Wildman–Crippen LogP) is 3.42. The van der Waals surface area contributed by atoms with E-state index in [1.165, 1.54) is 0 Å². The first kappa shape index (κ1) is 18.8. The van der Waals surface area contributed by atoms with Gasteiger partial charge in [0.2, 0.25) is 5.95 Å². The van der Waals surface area contributed by atoms with Gasteiger partial charge in [-0.3, -0.25) is 9.78 Å². The van der Waals surface area contributed by atoms with Crippen LogP contribution in [0.15, 0.2) is 54.9 Å². The fourth-order valence-electron chi connectivity index (χ4n) is 2.55. The Hall–Kier alpha value is -2.99. The highest BCUT2D eigenvalue weighted by Crippen LogP contribution is 2.11. The minimum Gasteiger partial charge on any atom is -0.350 e. The van der Waals surface area contributed by atoms with Crippen LogP contribution >= 0.6 is 11.6 Å². The quantitative estimate of drug-likeness (QED) is 0.655. The zero-order valence-corrected chi connectivity index (χ0v) is 15.7. The Labute approximate surface area is 163 Å². The fraction of sp³-hybridized carbons (Fsp3) is 0.200. The molecule has 0 aliphatic carbocycles. The summed E-state index contributed by atoms with van der Waals surface area (Å²) in [7, 11) is 0. The summed E-state index contributed by atoms with van der Waals surface area (Å²) < 4.78 is 0. The van der Waals surface area contributed by atoms with Gasteiger partial charge in [0.1, 0.15) is 5.69 Å². The Kier molecular flexibility index (Phi) is 6.33. The summed E-state index contributed by atoms with van der Waals surface area (Å²) >= 11 is 5.98. The highest BCUT2D eigenvalue weighted by Gasteiger charge is 2.10. The minimum atomic E-state index is -0.230. The molecule has 0 unspecified atom stereocenters. The lowest BCUT2D eigenvalue weighted by atomic mass is 10.1. The van der Waals surface area contributed by atoms with Crippen molar-refractivity contribution in [3.63, 3.8) is 0 Å². The molecule has 3 aromatic rings. The number of carbonyl (C=O) groups is 1. The molecule has 0 aliphatic heterocycles. The third kappa shape index (κ3) is 5.76. The number of anilines is 1. The number of aryl methyl sites for hydroxylation is 1. The molecule has 6 nitrogen and oxygen atoms in total. The number of hydrogen-bond donors (Lipinski definition) is 2. The normalized spacial score (nSPS) is 10.4. The van der Waals surface area contributed by atoms with Gasteiger partial charge in [0.15, 0.2) is 0 Å². The molecule has 0 radical (unpaired) electrons. The maximum absolute atomic E-state index is 12.4. The molecule has 1 amide bonds. The molecule has 0 atom stereocenters. The van der Waals surface area contributed by atoms with E-state index in [-0.39, 0.29) is 5.91 Å². The van der Waals surface area contributed by atoms with Crippen LogP contribution in [0.25, 0.3) is 0 Å². The molecule has 0 fully saturated rings. The fourth-order valence-corrected chi connectivity index (χ4v) is 2.76. The molecule has 0 saturated carbocycles. The van der Waals surface area contributed by atoms with Crippen molar-refractivity contribution in [1.29, 1.82) is 0 Å². The summed E-state index contributed by atoms with van der Waals surface area (Å²) in [6.45, 7) is 2.87. The Morgan fingerprint density at radius 3 is 2.74 bits per heavy atom. The predicted molar refractivity (Wildman–Crippen MR) is 106 cm³/mol. The molecule has 27 heavy (non-hydrogen) atoms. The molecule has 0 bridgehead atoms. The highest BCUT2D eigenvalue weighted by atomic mass is 35.5. The van der Waals surface area contributed by atoms with E-state index in [4.69, 9.17) is 11.6 Å². The molecule has 3 rings (SSSR count).